The van der Waals surface area contributed by atoms with Gasteiger partial charge in [-0.2, -0.15) is 12.1 Å². The van der Waals surface area contributed by atoms with Gasteiger partial charge in [0.1, 0.15) is 5.69 Å². The molecule has 0 saturated carbocycles. The Hall–Kier alpha value is -4.14. The summed E-state index contributed by atoms with van der Waals surface area (Å²) < 4.78 is 6.82. The van der Waals surface area contributed by atoms with Gasteiger partial charge in [0.2, 0.25) is 0 Å². The molecule has 4 nitrogen and oxygen atoms in total. The average Bonchev–Trinajstić information content (AvgIpc) is 3.56. The van der Waals surface area contributed by atoms with E-state index in [9.17, 15) is 0 Å². The number of aromatic nitrogens is 2. The van der Waals surface area contributed by atoms with Crippen LogP contribution < -0.4 is 4.58 Å². The van der Waals surface area contributed by atoms with Crippen molar-refractivity contribution in [2.45, 2.75) is 60.5 Å². The SMILES string of the molecule is CC(C)n1c2ccccc2c2cc[c-]c([N+]3=C=[N+](C(C)C)c4ccccc43)c21.Cc1c[c-]c(-c2cc(C)c(C)cn2)cc1.[Ir]. The molecule has 0 bridgehead atoms. The van der Waals surface area contributed by atoms with E-state index >= 15 is 0 Å². The topological polar surface area (TPSA) is 23.8 Å². The van der Waals surface area contributed by atoms with Gasteiger partial charge >= 0.3 is 6.01 Å². The summed E-state index contributed by atoms with van der Waals surface area (Å²) in [5.74, 6) is 0. The molecule has 1 aliphatic heterocycles. The van der Waals surface area contributed by atoms with Crippen LogP contribution in [0.1, 0.15) is 50.4 Å². The Morgan fingerprint density at radius 2 is 1.52 bits per heavy atom. The van der Waals surface area contributed by atoms with Crippen LogP contribution in [0.25, 0.3) is 33.1 Å². The van der Waals surface area contributed by atoms with Crippen LogP contribution >= 0.6 is 0 Å². The zero-order chi connectivity index (χ0) is 30.2. The molecule has 6 aromatic rings. The number of benzene rings is 4. The molecule has 44 heavy (non-hydrogen) atoms. The van der Waals surface area contributed by atoms with Gasteiger partial charge in [0.15, 0.2) is 6.04 Å². The number of nitrogens with zero attached hydrogens (tertiary/aromatic N) is 4. The first-order valence-corrected chi connectivity index (χ1v) is 15.0. The van der Waals surface area contributed by atoms with Gasteiger partial charge in [-0.1, -0.05) is 63.4 Å². The van der Waals surface area contributed by atoms with Crippen molar-refractivity contribution >= 4 is 44.9 Å². The predicted octanol–water partition coefficient (Wildman–Crippen LogP) is 9.72. The van der Waals surface area contributed by atoms with E-state index in [-0.39, 0.29) is 20.1 Å². The van der Waals surface area contributed by atoms with Gasteiger partial charge in [0, 0.05) is 55.5 Å². The fourth-order valence-corrected chi connectivity index (χ4v) is 5.75. The quantitative estimate of drug-likeness (QED) is 0.130. The van der Waals surface area contributed by atoms with Crippen LogP contribution in [0, 0.1) is 32.9 Å². The maximum Gasteiger partial charge on any atom is 0.494 e. The molecule has 1 radical (unpaired) electrons. The second-order valence-corrected chi connectivity index (χ2v) is 11.9. The van der Waals surface area contributed by atoms with Crippen LogP contribution in [0.2, 0.25) is 0 Å². The van der Waals surface area contributed by atoms with Crippen molar-refractivity contribution in [3.05, 3.63) is 120 Å². The molecule has 0 fully saturated rings. The molecule has 0 N–H and O–H groups in total. The Labute approximate surface area is 274 Å². The Balaban J connectivity index is 0.000000204. The van der Waals surface area contributed by atoms with Crippen molar-refractivity contribution < 1.29 is 24.7 Å². The van der Waals surface area contributed by atoms with Crippen molar-refractivity contribution in [3.63, 3.8) is 0 Å². The minimum absolute atomic E-state index is 0. The molecule has 3 heterocycles. The normalized spacial score (nSPS) is 12.1. The molecule has 0 spiro atoms. The third-order valence-corrected chi connectivity index (χ3v) is 8.11. The first kappa shape index (κ1) is 31.3. The third kappa shape index (κ3) is 5.72. The van der Waals surface area contributed by atoms with Crippen LogP contribution in [0.3, 0.4) is 0 Å². The molecular formula is C39H38IrN4. The second-order valence-electron chi connectivity index (χ2n) is 11.9. The molecule has 0 amide bonds. The van der Waals surface area contributed by atoms with Crippen molar-refractivity contribution in [2.75, 3.05) is 0 Å². The average molecular weight is 755 g/mol. The first-order valence-electron chi connectivity index (χ1n) is 15.0. The van der Waals surface area contributed by atoms with E-state index in [0.717, 1.165) is 22.6 Å². The van der Waals surface area contributed by atoms with Crippen LogP contribution in [-0.4, -0.2) is 26.2 Å². The molecule has 0 atom stereocenters. The van der Waals surface area contributed by atoms with Crippen LogP contribution in [-0.2, 0) is 20.1 Å². The first-order chi connectivity index (χ1) is 20.7. The van der Waals surface area contributed by atoms with Crippen molar-refractivity contribution in [3.8, 4) is 11.3 Å². The van der Waals surface area contributed by atoms with Gasteiger partial charge in [-0.15, -0.1) is 41.5 Å². The summed E-state index contributed by atoms with van der Waals surface area (Å²) in [6.45, 7) is 15.1. The summed E-state index contributed by atoms with van der Waals surface area (Å²) in [5, 5.41) is 2.55. The number of aryl methyl sites for hydroxylation is 3. The molecule has 0 saturated heterocycles. The van der Waals surface area contributed by atoms with Gasteiger partial charge in [0.25, 0.3) is 11.4 Å². The van der Waals surface area contributed by atoms with Crippen LogP contribution in [0.15, 0.2) is 91.1 Å². The number of hydrogen-bond donors (Lipinski definition) is 0. The van der Waals surface area contributed by atoms with E-state index in [1.54, 1.807) is 0 Å². The summed E-state index contributed by atoms with van der Waals surface area (Å²) >= 11 is 0. The second kappa shape index (κ2) is 12.8. The van der Waals surface area contributed by atoms with Crippen molar-refractivity contribution in [2.24, 2.45) is 0 Å². The largest absolute Gasteiger partial charge is 0.494 e. The Bertz CT molecular complexity index is 2040. The molecule has 5 heteroatoms. The third-order valence-electron chi connectivity index (χ3n) is 8.11. The molecule has 2 aromatic heterocycles. The Morgan fingerprint density at radius 3 is 2.20 bits per heavy atom. The predicted molar refractivity (Wildman–Crippen MR) is 179 cm³/mol. The van der Waals surface area contributed by atoms with Gasteiger partial charge in [0.05, 0.1) is 0 Å². The minimum Gasteiger partial charge on any atom is -0.386 e. The van der Waals surface area contributed by atoms with Crippen molar-refractivity contribution in [1.82, 2.24) is 14.1 Å². The summed E-state index contributed by atoms with van der Waals surface area (Å²) in [7, 11) is 0. The summed E-state index contributed by atoms with van der Waals surface area (Å²) in [4.78, 5) is 4.41. The summed E-state index contributed by atoms with van der Waals surface area (Å²) in [6.07, 6.45) is 1.92. The number of hydrogen-bond acceptors (Lipinski definition) is 1. The Kier molecular flexibility index (Phi) is 9.13. The van der Waals surface area contributed by atoms with E-state index in [4.69, 9.17) is 0 Å². The molecular weight excluding hydrogens is 717 g/mol. The van der Waals surface area contributed by atoms with E-state index in [2.05, 4.69) is 158 Å². The molecule has 7 rings (SSSR count). The number of rotatable bonds is 4. The molecule has 0 aliphatic carbocycles. The fraction of sp³-hybridized carbons (Fsp3) is 0.231. The van der Waals surface area contributed by atoms with E-state index in [0.29, 0.717) is 12.1 Å². The number of pyridine rings is 1. The minimum atomic E-state index is 0. The van der Waals surface area contributed by atoms with Gasteiger partial charge in [-0.05, 0) is 64.3 Å². The maximum absolute atomic E-state index is 4.41. The van der Waals surface area contributed by atoms with Gasteiger partial charge in [-0.25, -0.2) is 0 Å². The van der Waals surface area contributed by atoms with Gasteiger partial charge in [-0.3, -0.25) is 0 Å². The Morgan fingerprint density at radius 1 is 0.795 bits per heavy atom. The summed E-state index contributed by atoms with van der Waals surface area (Å²) in [5.41, 5.74) is 11.7. The molecule has 1 aliphatic rings. The van der Waals surface area contributed by atoms with Crippen LogP contribution in [0.5, 0.6) is 0 Å². The monoisotopic (exact) mass is 755 g/mol. The standard InChI is InChI=1S/C25H24N3.C14H14N.Ir/c1-17(2)26-16-27(23-14-8-7-13-22(23)26)24-15-9-11-20-19-10-5-6-12-21(19)28(18(3)4)25(20)24;1-10-4-6-13(7-5-10)14-8-11(2)12(3)9-15-14;/h5-14,17-18H,1-4H3;4-6,8-9H,1-3H3;/q+1;-1;. The van der Waals surface area contributed by atoms with Crippen LogP contribution in [0.4, 0.5) is 17.1 Å². The van der Waals surface area contributed by atoms with E-state index < -0.39 is 0 Å². The number of para-hydroxylation sites is 3. The molecule has 0 unspecified atom stereocenters. The zero-order valence-electron chi connectivity index (χ0n) is 26.4. The molecule has 4 aromatic carbocycles. The van der Waals surface area contributed by atoms with E-state index in [1.165, 1.54) is 44.2 Å². The maximum atomic E-state index is 4.41. The smallest absolute Gasteiger partial charge is 0.386 e. The van der Waals surface area contributed by atoms with E-state index in [1.807, 2.05) is 18.3 Å². The van der Waals surface area contributed by atoms with Gasteiger partial charge < -0.3 is 9.55 Å². The zero-order valence-corrected chi connectivity index (χ0v) is 28.8. The fourth-order valence-electron chi connectivity index (χ4n) is 5.75. The molecule has 223 valence electrons. The van der Waals surface area contributed by atoms with Crippen molar-refractivity contribution in [1.29, 1.82) is 0 Å². The number of fused-ring (bicyclic) bond motifs is 4. The summed E-state index contributed by atoms with van der Waals surface area (Å²) in [6, 6.07) is 40.7.